The molecule has 0 aromatic heterocycles. The first-order valence-corrected chi connectivity index (χ1v) is 9.80. The maximum Gasteiger partial charge on any atom is 0.416 e. The number of para-hydroxylation sites is 1. The van der Waals surface area contributed by atoms with Gasteiger partial charge in [0.1, 0.15) is 0 Å². The van der Waals surface area contributed by atoms with E-state index >= 15 is 0 Å². The van der Waals surface area contributed by atoms with Crippen molar-refractivity contribution >= 4 is 23.2 Å². The molecule has 8 heteroatoms. The van der Waals surface area contributed by atoms with Gasteiger partial charge in [0.15, 0.2) is 0 Å². The Labute approximate surface area is 182 Å². The summed E-state index contributed by atoms with van der Waals surface area (Å²) in [5.41, 5.74) is 2.20. The number of halogens is 3. The molecular weight excluding hydrogens is 419 g/mol. The van der Waals surface area contributed by atoms with Gasteiger partial charge in [-0.1, -0.05) is 60.7 Å². The summed E-state index contributed by atoms with van der Waals surface area (Å²) < 4.78 is 38.2. The highest BCUT2D eigenvalue weighted by Crippen LogP contribution is 2.29. The number of amides is 2. The summed E-state index contributed by atoms with van der Waals surface area (Å²) in [6.07, 6.45) is -5.83. The van der Waals surface area contributed by atoms with Crippen molar-refractivity contribution in [3.63, 3.8) is 0 Å². The van der Waals surface area contributed by atoms with E-state index in [-0.39, 0.29) is 6.42 Å². The lowest BCUT2D eigenvalue weighted by molar-refractivity contribution is -0.137. The molecule has 0 saturated carbocycles. The number of hydrogen-bond donors (Lipinski definition) is 2. The monoisotopic (exact) mass is 437 g/mol. The number of benzene rings is 3. The van der Waals surface area contributed by atoms with E-state index in [0.717, 1.165) is 17.7 Å². The molecular formula is C24H18F3N3O2. The van der Waals surface area contributed by atoms with Gasteiger partial charge in [0, 0.05) is 11.1 Å². The second kappa shape index (κ2) is 8.66. The van der Waals surface area contributed by atoms with Crippen LogP contribution in [-0.4, -0.2) is 23.7 Å². The summed E-state index contributed by atoms with van der Waals surface area (Å²) in [7, 11) is 0. The van der Waals surface area contributed by atoms with Crippen molar-refractivity contribution in [1.29, 1.82) is 0 Å². The summed E-state index contributed by atoms with van der Waals surface area (Å²) in [5, 5.41) is 5.35. The van der Waals surface area contributed by atoms with Crippen molar-refractivity contribution < 1.29 is 22.8 Å². The zero-order chi connectivity index (χ0) is 22.7. The Bertz CT molecular complexity index is 1170. The van der Waals surface area contributed by atoms with Crippen molar-refractivity contribution in [2.75, 3.05) is 5.32 Å². The van der Waals surface area contributed by atoms with Gasteiger partial charge < -0.3 is 10.6 Å². The molecule has 4 rings (SSSR count). The fraction of sp³-hybridized carbons (Fsp3) is 0.125. The van der Waals surface area contributed by atoms with E-state index in [1.54, 1.807) is 12.1 Å². The van der Waals surface area contributed by atoms with Gasteiger partial charge >= 0.3 is 6.18 Å². The van der Waals surface area contributed by atoms with Crippen LogP contribution in [0.15, 0.2) is 83.9 Å². The molecule has 0 spiro atoms. The summed E-state index contributed by atoms with van der Waals surface area (Å²) in [6, 6.07) is 20.8. The van der Waals surface area contributed by atoms with Crippen molar-refractivity contribution in [3.05, 3.63) is 101 Å². The number of hydrogen-bond acceptors (Lipinski definition) is 3. The smallest absolute Gasteiger partial charge is 0.326 e. The highest BCUT2D eigenvalue weighted by Gasteiger charge is 2.30. The van der Waals surface area contributed by atoms with Crippen molar-refractivity contribution in [1.82, 2.24) is 5.32 Å². The molecule has 0 aliphatic carbocycles. The zero-order valence-corrected chi connectivity index (χ0v) is 16.7. The predicted octanol–water partition coefficient (Wildman–Crippen LogP) is 4.18. The number of nitrogens with one attached hydrogen (secondary N) is 2. The van der Waals surface area contributed by atoms with E-state index < -0.39 is 29.7 Å². The van der Waals surface area contributed by atoms with Crippen LogP contribution in [-0.2, 0) is 22.2 Å². The SMILES string of the molecule is O=C(Cc1ccc(C(F)(F)F)cc1)NC1N=C(c2ccccc2)c2ccccc2NC1=O. The van der Waals surface area contributed by atoms with Crippen LogP contribution in [0.3, 0.4) is 0 Å². The van der Waals surface area contributed by atoms with Gasteiger partial charge in [-0.15, -0.1) is 0 Å². The average molecular weight is 437 g/mol. The predicted molar refractivity (Wildman–Crippen MR) is 114 cm³/mol. The Balaban J connectivity index is 1.57. The standard InChI is InChI=1S/C24H18F3N3O2/c25-24(26,27)17-12-10-15(11-13-17)14-20(31)29-22-23(32)28-19-9-5-4-8-18(19)21(30-22)16-6-2-1-3-7-16/h1-13,22H,14H2,(H,28,32)(H,29,31). The molecule has 0 fully saturated rings. The Hall–Kier alpha value is -3.94. The molecule has 0 radical (unpaired) electrons. The first-order chi connectivity index (χ1) is 15.3. The Morgan fingerprint density at radius 3 is 2.28 bits per heavy atom. The molecule has 162 valence electrons. The topological polar surface area (TPSA) is 70.6 Å². The number of nitrogens with zero attached hydrogens (tertiary/aromatic N) is 1. The molecule has 5 nitrogen and oxygen atoms in total. The van der Waals surface area contributed by atoms with Crippen LogP contribution in [0, 0.1) is 0 Å². The number of alkyl halides is 3. The average Bonchev–Trinajstić information content (AvgIpc) is 2.90. The quantitative estimate of drug-likeness (QED) is 0.643. The lowest BCUT2D eigenvalue weighted by Gasteiger charge is -2.14. The molecule has 3 aromatic rings. The molecule has 1 atom stereocenters. The minimum Gasteiger partial charge on any atom is -0.326 e. The van der Waals surface area contributed by atoms with Crippen LogP contribution in [0.2, 0.25) is 0 Å². The highest BCUT2D eigenvalue weighted by molar-refractivity contribution is 6.19. The fourth-order valence-electron chi connectivity index (χ4n) is 3.38. The lowest BCUT2D eigenvalue weighted by atomic mass is 10.0. The van der Waals surface area contributed by atoms with Crippen LogP contribution in [0.5, 0.6) is 0 Å². The van der Waals surface area contributed by atoms with Crippen LogP contribution in [0.25, 0.3) is 0 Å². The molecule has 1 heterocycles. The summed E-state index contributed by atoms with van der Waals surface area (Å²) in [5.74, 6) is -1.05. The van der Waals surface area contributed by atoms with E-state index in [2.05, 4.69) is 15.6 Å². The highest BCUT2D eigenvalue weighted by atomic mass is 19.4. The van der Waals surface area contributed by atoms with E-state index in [1.807, 2.05) is 42.5 Å². The Morgan fingerprint density at radius 2 is 1.59 bits per heavy atom. The third-order valence-electron chi connectivity index (χ3n) is 4.94. The number of carbonyl (C=O) groups is 2. The van der Waals surface area contributed by atoms with E-state index in [0.29, 0.717) is 22.5 Å². The number of anilines is 1. The molecule has 2 amide bonds. The van der Waals surface area contributed by atoms with Gasteiger partial charge in [-0.3, -0.25) is 9.59 Å². The largest absolute Gasteiger partial charge is 0.416 e. The van der Waals surface area contributed by atoms with Crippen LogP contribution in [0.4, 0.5) is 18.9 Å². The molecule has 1 aliphatic rings. The van der Waals surface area contributed by atoms with Crippen LogP contribution >= 0.6 is 0 Å². The molecule has 1 aliphatic heterocycles. The second-order valence-corrected chi connectivity index (χ2v) is 7.22. The van der Waals surface area contributed by atoms with Crippen molar-refractivity contribution in [3.8, 4) is 0 Å². The van der Waals surface area contributed by atoms with Crippen LogP contribution < -0.4 is 10.6 Å². The Kier molecular flexibility index (Phi) is 5.77. The molecule has 1 unspecified atom stereocenters. The first kappa shape index (κ1) is 21.3. The van der Waals surface area contributed by atoms with E-state index in [9.17, 15) is 22.8 Å². The number of fused-ring (bicyclic) bond motifs is 1. The van der Waals surface area contributed by atoms with Crippen LogP contribution in [0.1, 0.15) is 22.3 Å². The first-order valence-electron chi connectivity index (χ1n) is 9.80. The van der Waals surface area contributed by atoms with Gasteiger partial charge in [-0.25, -0.2) is 4.99 Å². The lowest BCUT2D eigenvalue weighted by Crippen LogP contribution is -2.43. The second-order valence-electron chi connectivity index (χ2n) is 7.22. The summed E-state index contributed by atoms with van der Waals surface area (Å²) in [6.45, 7) is 0. The normalized spacial score (nSPS) is 15.8. The van der Waals surface area contributed by atoms with E-state index in [4.69, 9.17) is 0 Å². The van der Waals surface area contributed by atoms with Gasteiger partial charge in [-0.05, 0) is 23.8 Å². The number of benzodiazepines with no additional fused rings is 1. The van der Waals surface area contributed by atoms with Gasteiger partial charge in [-0.2, -0.15) is 13.2 Å². The number of carbonyl (C=O) groups excluding carboxylic acids is 2. The molecule has 3 aromatic carbocycles. The molecule has 0 bridgehead atoms. The molecule has 2 N–H and O–H groups in total. The minimum absolute atomic E-state index is 0.189. The maximum atomic E-state index is 12.7. The third-order valence-corrected chi connectivity index (χ3v) is 4.94. The molecule has 32 heavy (non-hydrogen) atoms. The van der Waals surface area contributed by atoms with Gasteiger partial charge in [0.05, 0.1) is 23.4 Å². The van der Waals surface area contributed by atoms with Crippen molar-refractivity contribution in [2.24, 2.45) is 4.99 Å². The number of aliphatic imine (C=N–C) groups is 1. The van der Waals surface area contributed by atoms with E-state index in [1.165, 1.54) is 12.1 Å². The van der Waals surface area contributed by atoms with Gasteiger partial charge in [0.25, 0.3) is 5.91 Å². The zero-order valence-electron chi connectivity index (χ0n) is 16.7. The molecule has 0 saturated heterocycles. The summed E-state index contributed by atoms with van der Waals surface area (Å²) in [4.78, 5) is 29.8. The fourth-order valence-corrected chi connectivity index (χ4v) is 3.38. The minimum atomic E-state index is -4.45. The number of rotatable bonds is 4. The Morgan fingerprint density at radius 1 is 0.938 bits per heavy atom. The summed E-state index contributed by atoms with van der Waals surface area (Å²) >= 11 is 0. The van der Waals surface area contributed by atoms with Gasteiger partial charge in [0.2, 0.25) is 12.1 Å². The maximum absolute atomic E-state index is 12.7. The van der Waals surface area contributed by atoms with Crippen molar-refractivity contribution in [2.45, 2.75) is 18.8 Å². The third kappa shape index (κ3) is 4.69.